The first-order chi connectivity index (χ1) is 57.1. The summed E-state index contributed by atoms with van der Waals surface area (Å²) < 4.78 is 17.1. The molecule has 536 valence electrons. The van der Waals surface area contributed by atoms with E-state index in [1.54, 1.807) is 0 Å². The Morgan fingerprint density at radius 3 is 0.391 bits per heavy atom. The Balaban J connectivity index is 0.000000136. The van der Waals surface area contributed by atoms with E-state index < -0.39 is 0 Å². The van der Waals surface area contributed by atoms with Gasteiger partial charge in [-0.1, -0.05) is 267 Å². The average molecular weight is 1460 g/mol. The summed E-state index contributed by atoms with van der Waals surface area (Å²) in [7, 11) is 0. The molecule has 0 aliphatic carbocycles. The van der Waals surface area contributed by atoms with Crippen molar-refractivity contribution >= 4 is 153 Å². The summed E-state index contributed by atoms with van der Waals surface area (Å²) in [6.07, 6.45) is 0. The smallest absolute Gasteiger partial charge is 0.0541 e. The van der Waals surface area contributed by atoms with Crippen molar-refractivity contribution in [3.63, 3.8) is 0 Å². The zero-order valence-electron chi connectivity index (χ0n) is 62.5. The van der Waals surface area contributed by atoms with Crippen LogP contribution in [0.5, 0.6) is 0 Å². The summed E-state index contributed by atoms with van der Waals surface area (Å²) in [4.78, 5) is 0. The SMILES string of the molecule is c1cc(-c2cc(-n3c4ccccc4c4ccccc43)cc(-n3c4ccccc4c4ccccc43)c2)cc(-n2c3ccccc3c3ccccc32)c1.c1ccc2c(c1)c1ccccc1n2-c1cc(-c2cc(-n3c4ccccc4c4ccccc43)cc(-n3c4ccccc4c4ccccc43)c2)cc(-n2c3ccccc3c3ccccc32)c1. The van der Waals surface area contributed by atoms with E-state index in [4.69, 9.17) is 0 Å². The number of hydrogen-bond acceptors (Lipinski definition) is 0. The Morgan fingerprint density at radius 1 is 0.0957 bits per heavy atom. The van der Waals surface area contributed by atoms with Gasteiger partial charge in [0.15, 0.2) is 0 Å². The van der Waals surface area contributed by atoms with Crippen molar-refractivity contribution in [3.8, 4) is 62.1 Å². The first-order valence-electron chi connectivity index (χ1n) is 39.5. The molecule has 0 saturated heterocycles. The Morgan fingerprint density at radius 2 is 0.226 bits per heavy atom. The lowest BCUT2D eigenvalue weighted by molar-refractivity contribution is 1.13. The maximum absolute atomic E-state index is 2.45. The number of benzene rings is 18. The van der Waals surface area contributed by atoms with Crippen LogP contribution in [0.3, 0.4) is 0 Å². The number of hydrogen-bond donors (Lipinski definition) is 0. The first kappa shape index (κ1) is 64.4. The molecule has 7 nitrogen and oxygen atoms in total. The highest BCUT2D eigenvalue weighted by Crippen LogP contribution is 2.45. The van der Waals surface area contributed by atoms with E-state index >= 15 is 0 Å². The maximum atomic E-state index is 2.45. The van der Waals surface area contributed by atoms with Gasteiger partial charge >= 0.3 is 0 Å². The van der Waals surface area contributed by atoms with E-state index in [2.05, 4.69) is 451 Å². The molecular formula is C108H69N7. The predicted molar refractivity (Wildman–Crippen MR) is 484 cm³/mol. The fourth-order valence-electron chi connectivity index (χ4n) is 19.3. The Kier molecular flexibility index (Phi) is 14.3. The molecule has 0 fully saturated rings. The van der Waals surface area contributed by atoms with E-state index in [0.717, 1.165) is 56.5 Å². The molecule has 7 heteroatoms. The summed E-state index contributed by atoms with van der Waals surface area (Å²) in [6.45, 7) is 0. The van der Waals surface area contributed by atoms with Gasteiger partial charge in [0.05, 0.1) is 77.2 Å². The molecule has 0 radical (unpaired) electrons. The van der Waals surface area contributed by atoms with Crippen molar-refractivity contribution in [2.75, 3.05) is 0 Å². The van der Waals surface area contributed by atoms with Gasteiger partial charge in [0.2, 0.25) is 0 Å². The van der Waals surface area contributed by atoms with Gasteiger partial charge in [-0.3, -0.25) is 0 Å². The second-order valence-electron chi connectivity index (χ2n) is 30.4. The number of fused-ring (bicyclic) bond motifs is 21. The number of nitrogens with zero attached hydrogens (tertiary/aromatic N) is 7. The molecular weight excluding hydrogens is 1400 g/mol. The highest BCUT2D eigenvalue weighted by atomic mass is 15.0. The van der Waals surface area contributed by atoms with Gasteiger partial charge in [0.1, 0.15) is 0 Å². The fraction of sp³-hybridized carbons (Fsp3) is 0. The Labute approximate surface area is 660 Å². The van der Waals surface area contributed by atoms with Crippen LogP contribution in [0.4, 0.5) is 0 Å². The van der Waals surface area contributed by atoms with Crippen LogP contribution in [0.15, 0.2) is 419 Å². The lowest BCUT2D eigenvalue weighted by atomic mass is 10.0. The molecule has 0 aliphatic heterocycles. The second kappa shape index (κ2) is 25.6. The van der Waals surface area contributed by atoms with Crippen molar-refractivity contribution in [2.45, 2.75) is 0 Å². The molecule has 0 saturated carbocycles. The van der Waals surface area contributed by atoms with Crippen LogP contribution in [-0.2, 0) is 0 Å². The minimum Gasteiger partial charge on any atom is -0.309 e. The third kappa shape index (κ3) is 9.91. The van der Waals surface area contributed by atoms with Crippen molar-refractivity contribution < 1.29 is 0 Å². The minimum atomic E-state index is 1.10. The van der Waals surface area contributed by atoms with Gasteiger partial charge in [-0.15, -0.1) is 0 Å². The Bertz CT molecular complexity index is 7280. The molecule has 18 aromatic carbocycles. The van der Waals surface area contributed by atoms with Crippen LogP contribution < -0.4 is 0 Å². The van der Waals surface area contributed by atoms with E-state index in [0.29, 0.717) is 0 Å². The van der Waals surface area contributed by atoms with Crippen molar-refractivity contribution in [2.24, 2.45) is 0 Å². The molecule has 7 aromatic heterocycles. The molecule has 0 unspecified atom stereocenters. The lowest BCUT2D eigenvalue weighted by Gasteiger charge is -2.18. The van der Waals surface area contributed by atoms with Crippen LogP contribution in [0.25, 0.3) is 215 Å². The molecule has 0 spiro atoms. The topological polar surface area (TPSA) is 34.5 Å². The minimum absolute atomic E-state index is 1.10. The summed E-state index contributed by atoms with van der Waals surface area (Å²) in [5.74, 6) is 0. The molecule has 0 N–H and O–H groups in total. The second-order valence-corrected chi connectivity index (χ2v) is 30.4. The first-order valence-corrected chi connectivity index (χ1v) is 39.5. The van der Waals surface area contributed by atoms with E-state index in [9.17, 15) is 0 Å². The third-order valence-electron chi connectivity index (χ3n) is 24.1. The standard InChI is InChI=1S/C60H38N4.C48H31N3/c1-9-25-53-45(17-1)46-18-2-10-26-54(46)61(53)41-33-39(34-42(37-41)62-55-27-11-3-19-47(55)48-20-4-12-28-56(48)62)40-35-43(63-57-29-13-5-21-49(57)50-22-6-14-30-58(50)63)38-44(36-40)64-59-31-15-7-23-51(59)52-24-8-16-32-60(52)64;1-7-22-43-37(16-1)38-17-2-8-23-44(38)49(43)34-15-13-14-32(28-34)33-29-35(50-45-24-9-3-18-39(45)40-19-4-10-25-46(40)50)31-36(30-33)51-47-26-11-5-20-41(47)42-21-6-12-27-48(42)51/h1-38H;1-31H. The van der Waals surface area contributed by atoms with Crippen molar-refractivity contribution in [1.82, 2.24) is 32.0 Å². The zero-order chi connectivity index (χ0) is 75.3. The molecule has 0 bridgehead atoms. The molecule has 25 aromatic rings. The van der Waals surface area contributed by atoms with Crippen LogP contribution >= 0.6 is 0 Å². The maximum Gasteiger partial charge on any atom is 0.0541 e. The summed E-state index contributed by atoms with van der Waals surface area (Å²) >= 11 is 0. The molecule has 25 rings (SSSR count). The van der Waals surface area contributed by atoms with Crippen molar-refractivity contribution in [1.29, 1.82) is 0 Å². The summed E-state index contributed by atoms with van der Waals surface area (Å²) in [6, 6.07) is 153. The van der Waals surface area contributed by atoms with Crippen LogP contribution in [0, 0.1) is 0 Å². The van der Waals surface area contributed by atoms with Gasteiger partial charge in [0.25, 0.3) is 0 Å². The molecule has 0 amide bonds. The van der Waals surface area contributed by atoms with E-state index in [1.165, 1.54) is 158 Å². The highest BCUT2D eigenvalue weighted by molar-refractivity contribution is 6.16. The zero-order valence-corrected chi connectivity index (χ0v) is 62.5. The molecule has 0 aliphatic rings. The normalized spacial score (nSPS) is 12.0. The van der Waals surface area contributed by atoms with E-state index in [1.807, 2.05) is 0 Å². The lowest BCUT2D eigenvalue weighted by Crippen LogP contribution is -2.02. The van der Waals surface area contributed by atoms with E-state index in [-0.39, 0.29) is 0 Å². The van der Waals surface area contributed by atoms with Gasteiger partial charge in [-0.2, -0.15) is 0 Å². The number of para-hydroxylation sites is 14. The summed E-state index contributed by atoms with van der Waals surface area (Å²) in [5, 5.41) is 17.5. The largest absolute Gasteiger partial charge is 0.309 e. The molecule has 7 heterocycles. The number of aromatic nitrogens is 7. The van der Waals surface area contributed by atoms with Crippen LogP contribution in [-0.4, -0.2) is 32.0 Å². The quantitative estimate of drug-likeness (QED) is 0.138. The number of rotatable bonds is 9. The van der Waals surface area contributed by atoms with Crippen LogP contribution in [0.1, 0.15) is 0 Å². The Hall–Kier alpha value is -15.4. The fourth-order valence-corrected chi connectivity index (χ4v) is 19.3. The highest BCUT2D eigenvalue weighted by Gasteiger charge is 2.24. The van der Waals surface area contributed by atoms with Gasteiger partial charge in [0, 0.05) is 115 Å². The molecule has 0 atom stereocenters. The monoisotopic (exact) mass is 1460 g/mol. The summed E-state index contributed by atoms with van der Waals surface area (Å²) in [5.41, 5.74) is 29.0. The van der Waals surface area contributed by atoms with Gasteiger partial charge in [-0.05, 0) is 174 Å². The van der Waals surface area contributed by atoms with Crippen LogP contribution in [0.2, 0.25) is 0 Å². The van der Waals surface area contributed by atoms with Gasteiger partial charge < -0.3 is 32.0 Å². The van der Waals surface area contributed by atoms with Crippen molar-refractivity contribution in [3.05, 3.63) is 419 Å². The third-order valence-corrected chi connectivity index (χ3v) is 24.1. The average Bonchev–Trinajstić information content (AvgIpc) is 1.60. The van der Waals surface area contributed by atoms with Gasteiger partial charge in [-0.25, -0.2) is 0 Å². The predicted octanol–water partition coefficient (Wildman–Crippen LogP) is 28.4. The molecule has 115 heavy (non-hydrogen) atoms.